The van der Waals surface area contributed by atoms with Gasteiger partial charge in [0.25, 0.3) is 0 Å². The number of rotatable bonds is 6. The van der Waals surface area contributed by atoms with Crippen molar-refractivity contribution in [1.82, 2.24) is 0 Å². The molecule has 2 aromatic carbocycles. The van der Waals surface area contributed by atoms with Crippen LogP contribution in [0.15, 0.2) is 24.3 Å². The molecule has 0 atom stereocenters. The summed E-state index contributed by atoms with van der Waals surface area (Å²) in [4.78, 5) is 0. The fourth-order valence-corrected chi connectivity index (χ4v) is 3.93. The van der Waals surface area contributed by atoms with Gasteiger partial charge in [0, 0.05) is 6.85 Å². The number of benzene rings is 2. The number of hydrogen-bond donors (Lipinski definition) is 0. The van der Waals surface area contributed by atoms with Crippen LogP contribution in [0, 0.1) is 6.92 Å². The van der Waals surface area contributed by atoms with Gasteiger partial charge >= 0.3 is 0 Å². The molecule has 28 heavy (non-hydrogen) atoms. The summed E-state index contributed by atoms with van der Waals surface area (Å²) in [6.07, 6.45) is 0. The van der Waals surface area contributed by atoms with Crippen LogP contribution in [0.2, 0.25) is 0 Å². The molecule has 0 saturated carbocycles. The molecule has 154 valence electrons. The van der Waals surface area contributed by atoms with Crippen molar-refractivity contribution in [1.29, 1.82) is 0 Å². The van der Waals surface area contributed by atoms with E-state index in [0.29, 0.717) is 0 Å². The minimum atomic E-state index is -0.964. The third-order valence-electron chi connectivity index (χ3n) is 5.57. The van der Waals surface area contributed by atoms with Crippen molar-refractivity contribution >= 4 is 0 Å². The van der Waals surface area contributed by atoms with Crippen molar-refractivity contribution in [3.05, 3.63) is 57.6 Å². The maximum Gasteiger partial charge on any atom is 0.0347 e. The van der Waals surface area contributed by atoms with Crippen molar-refractivity contribution in [2.75, 3.05) is 0 Å². The highest BCUT2D eigenvalue weighted by Crippen LogP contribution is 2.41. The summed E-state index contributed by atoms with van der Waals surface area (Å²) < 4.78 is 44.1. The van der Waals surface area contributed by atoms with Crippen LogP contribution >= 0.6 is 0 Å². The van der Waals surface area contributed by atoms with Gasteiger partial charge in [-0.3, -0.25) is 0 Å². The smallest absolute Gasteiger partial charge is 0.0347 e. The quantitative estimate of drug-likeness (QED) is 0.466. The van der Waals surface area contributed by atoms with Crippen LogP contribution in [-0.4, -0.2) is 0 Å². The van der Waals surface area contributed by atoms with Crippen LogP contribution in [0.1, 0.15) is 139 Å². The van der Waals surface area contributed by atoms with E-state index >= 15 is 0 Å². The molecule has 0 heterocycles. The molecule has 0 saturated heterocycles. The molecule has 2 aromatic rings. The van der Waals surface area contributed by atoms with E-state index in [0.717, 1.165) is 44.5 Å². The zero-order chi connectivity index (χ0) is 25.9. The predicted molar refractivity (Wildman–Crippen MR) is 127 cm³/mol. The van der Waals surface area contributed by atoms with Gasteiger partial charge in [-0.15, -0.1) is 0 Å². The van der Waals surface area contributed by atoms with Crippen molar-refractivity contribution in [3.63, 3.8) is 0 Å². The highest BCUT2D eigenvalue weighted by Gasteiger charge is 2.21. The van der Waals surface area contributed by atoms with Gasteiger partial charge in [-0.1, -0.05) is 93.5 Å². The zero-order valence-corrected chi connectivity index (χ0v) is 19.8. The lowest BCUT2D eigenvalue weighted by atomic mass is 9.79. The van der Waals surface area contributed by atoms with Crippen molar-refractivity contribution in [2.45, 2.75) is 106 Å². The second-order valence-corrected chi connectivity index (χ2v) is 9.14. The first-order valence-corrected chi connectivity index (χ1v) is 10.3. The Morgan fingerprint density at radius 3 is 1.18 bits per heavy atom. The summed E-state index contributed by atoms with van der Waals surface area (Å²) in [7, 11) is 0. The molecule has 0 fully saturated rings. The Balaban J connectivity index is 3.18. The van der Waals surface area contributed by atoms with Gasteiger partial charge in [-0.25, -0.2) is 0 Å². The van der Waals surface area contributed by atoms with Crippen LogP contribution in [0.4, 0.5) is 0 Å². The molecule has 0 N–H and O–H groups in total. The molecule has 0 radical (unpaired) electrons. The fraction of sp³-hybridized carbons (Fsp3) is 0.571. The van der Waals surface area contributed by atoms with E-state index in [9.17, 15) is 0 Å². The average molecular weight is 384 g/mol. The normalized spacial score (nSPS) is 16.8. The van der Waals surface area contributed by atoms with Gasteiger partial charge in [0.05, 0.1) is 0 Å². The Morgan fingerprint density at radius 1 is 0.536 bits per heavy atom. The van der Waals surface area contributed by atoms with E-state index in [1.165, 1.54) is 0 Å². The summed E-state index contributed by atoms with van der Waals surface area (Å²) in [6.45, 7) is 20.4. The van der Waals surface area contributed by atoms with Gasteiger partial charge in [0.15, 0.2) is 0 Å². The zero-order valence-electron chi connectivity index (χ0n) is 24.8. The molecular formula is C28H42. The summed E-state index contributed by atoms with van der Waals surface area (Å²) in [5.41, 5.74) is 6.62. The second-order valence-electron chi connectivity index (χ2n) is 9.14. The molecule has 0 bridgehead atoms. The molecule has 0 aromatic heterocycles. The van der Waals surface area contributed by atoms with Crippen molar-refractivity contribution < 1.29 is 6.85 Å². The van der Waals surface area contributed by atoms with Crippen LogP contribution in [0.3, 0.4) is 0 Å². The molecule has 0 amide bonds. The molecule has 0 aliphatic rings. The van der Waals surface area contributed by atoms with Gasteiger partial charge in [0.1, 0.15) is 0 Å². The van der Waals surface area contributed by atoms with Crippen molar-refractivity contribution in [2.24, 2.45) is 0 Å². The van der Waals surface area contributed by atoms with E-state index in [-0.39, 0.29) is 0 Å². The van der Waals surface area contributed by atoms with E-state index in [4.69, 9.17) is 6.85 Å². The van der Waals surface area contributed by atoms with Crippen LogP contribution in [0.5, 0.6) is 0 Å². The van der Waals surface area contributed by atoms with Gasteiger partial charge < -0.3 is 0 Å². The molecule has 0 spiro atoms. The summed E-state index contributed by atoms with van der Waals surface area (Å²) >= 11 is 0. The fourth-order valence-electron chi connectivity index (χ4n) is 3.93. The maximum atomic E-state index is 8.96. The van der Waals surface area contributed by atoms with Gasteiger partial charge in [-0.2, -0.15) is 0 Å². The molecule has 0 nitrogen and oxygen atoms in total. The lowest BCUT2D eigenvalue weighted by Crippen LogP contribution is -2.06. The number of hydrogen-bond acceptors (Lipinski definition) is 0. The first-order valence-electron chi connectivity index (χ1n) is 12.8. The first-order chi connectivity index (χ1) is 14.5. The Hall–Kier alpha value is -1.56. The third-order valence-corrected chi connectivity index (χ3v) is 5.57. The Labute approximate surface area is 181 Å². The molecule has 2 rings (SSSR count). The SMILES string of the molecule is [2H]C(C)(C)c1cc(C([2H])(C)C)c(-c2cc(C([2H])(C)C)c(C)c(C([2H])(C)C)c2)c(C([2H])(C)C)c1. The lowest BCUT2D eigenvalue weighted by molar-refractivity contribution is 0.804. The topological polar surface area (TPSA) is 0 Å². The van der Waals surface area contributed by atoms with Gasteiger partial charge in [0.2, 0.25) is 0 Å². The molecule has 0 heteroatoms. The largest absolute Gasteiger partial charge is 0.0587 e. The van der Waals surface area contributed by atoms with Crippen LogP contribution in [0.25, 0.3) is 11.1 Å². The van der Waals surface area contributed by atoms with Crippen molar-refractivity contribution in [3.8, 4) is 11.1 Å². The lowest BCUT2D eigenvalue weighted by Gasteiger charge is -2.26. The molecular weight excluding hydrogens is 336 g/mol. The second kappa shape index (κ2) is 8.85. The molecule has 0 unspecified atom stereocenters. The van der Waals surface area contributed by atoms with Crippen LogP contribution in [-0.2, 0) is 0 Å². The van der Waals surface area contributed by atoms with E-state index in [1.807, 2.05) is 100 Å². The average Bonchev–Trinajstić information content (AvgIpc) is 2.56. The molecule has 0 aliphatic heterocycles. The summed E-state index contributed by atoms with van der Waals surface area (Å²) in [5.74, 6) is -4.52. The maximum absolute atomic E-state index is 8.96. The Kier molecular flexibility index (Phi) is 5.14. The first kappa shape index (κ1) is 16.3. The van der Waals surface area contributed by atoms with E-state index in [2.05, 4.69) is 0 Å². The monoisotopic (exact) mass is 383 g/mol. The van der Waals surface area contributed by atoms with Crippen LogP contribution < -0.4 is 0 Å². The minimum Gasteiger partial charge on any atom is -0.0587 e. The standard InChI is InChI=1S/C28H42/c1-16(2)22-12-26(19(7)8)28(27(13-22)20(9)10)23-14-24(17(3)4)21(11)25(15-23)18(5)6/h12-20H,1-11H3/i16D,17D,18D,19D,20D. The predicted octanol–water partition coefficient (Wildman–Crippen LogP) is 9.28. The van der Waals surface area contributed by atoms with E-state index in [1.54, 1.807) is 0 Å². The van der Waals surface area contributed by atoms with Gasteiger partial charge in [-0.05, 0) is 80.9 Å². The summed E-state index contributed by atoms with van der Waals surface area (Å²) in [6, 6.07) is 7.93. The Morgan fingerprint density at radius 2 is 0.893 bits per heavy atom. The third kappa shape index (κ3) is 4.53. The Bertz CT molecular complexity index is 960. The summed E-state index contributed by atoms with van der Waals surface area (Å²) in [5, 5.41) is 0. The molecule has 0 aliphatic carbocycles. The van der Waals surface area contributed by atoms with E-state index < -0.39 is 29.5 Å². The highest BCUT2D eigenvalue weighted by molar-refractivity contribution is 5.75. The highest BCUT2D eigenvalue weighted by atomic mass is 14.3. The minimum absolute atomic E-state index is 0.766.